The molecule has 0 aromatic heterocycles. The molecule has 0 bridgehead atoms. The number of unbranched alkanes of at least 4 members (excludes halogenated alkanes) is 1. The van der Waals surface area contributed by atoms with Gasteiger partial charge in [-0.3, -0.25) is 4.79 Å². The van der Waals surface area contributed by atoms with Crippen LogP contribution >= 0.6 is 0 Å². The fourth-order valence-corrected chi connectivity index (χ4v) is 1.70. The number of nitrogens with two attached hydrogens (primary N) is 1. The van der Waals surface area contributed by atoms with Gasteiger partial charge in [0.05, 0.1) is 6.67 Å². The van der Waals surface area contributed by atoms with Crippen molar-refractivity contribution in [2.24, 2.45) is 11.7 Å². The van der Waals surface area contributed by atoms with Crippen molar-refractivity contribution in [3.63, 3.8) is 0 Å². The van der Waals surface area contributed by atoms with Gasteiger partial charge in [0.2, 0.25) is 5.91 Å². The van der Waals surface area contributed by atoms with Gasteiger partial charge >= 0.3 is 0 Å². The Balaban J connectivity index is 2.33. The van der Waals surface area contributed by atoms with Crippen molar-refractivity contribution in [1.82, 2.24) is 4.90 Å². The molecule has 0 aliphatic carbocycles. The lowest BCUT2D eigenvalue weighted by molar-refractivity contribution is -0.131. The van der Waals surface area contributed by atoms with Gasteiger partial charge in [0.15, 0.2) is 0 Å². The zero-order valence-electron chi connectivity index (χ0n) is 7.75. The van der Waals surface area contributed by atoms with Gasteiger partial charge in [-0.15, -0.1) is 0 Å². The highest BCUT2D eigenvalue weighted by atomic mass is 16.2. The Labute approximate surface area is 73.9 Å². The van der Waals surface area contributed by atoms with E-state index in [0.29, 0.717) is 6.67 Å². The molecule has 0 radical (unpaired) electrons. The van der Waals surface area contributed by atoms with Crippen LogP contribution in [0, 0.1) is 5.92 Å². The van der Waals surface area contributed by atoms with E-state index in [4.69, 9.17) is 5.73 Å². The first-order chi connectivity index (χ1) is 5.79. The molecule has 0 aromatic carbocycles. The summed E-state index contributed by atoms with van der Waals surface area (Å²) in [5.41, 5.74) is 5.42. The molecule has 1 fully saturated rings. The van der Waals surface area contributed by atoms with Crippen molar-refractivity contribution in [3.8, 4) is 0 Å². The first kappa shape index (κ1) is 9.52. The molecule has 1 rings (SSSR count). The minimum atomic E-state index is 0.269. The number of hydrogen-bond acceptors (Lipinski definition) is 2. The lowest BCUT2D eigenvalue weighted by atomic mass is 10.0. The molecule has 3 heteroatoms. The number of rotatable bonds is 4. The summed E-state index contributed by atoms with van der Waals surface area (Å²) >= 11 is 0. The van der Waals surface area contributed by atoms with Gasteiger partial charge in [-0.25, -0.2) is 0 Å². The number of nitrogens with zero attached hydrogens (tertiary/aromatic N) is 1. The van der Waals surface area contributed by atoms with Gasteiger partial charge in [0.1, 0.15) is 0 Å². The molecule has 1 aliphatic heterocycles. The molecule has 1 heterocycles. The van der Waals surface area contributed by atoms with Gasteiger partial charge in [-0.05, 0) is 12.8 Å². The highest BCUT2D eigenvalue weighted by Crippen LogP contribution is 2.22. The van der Waals surface area contributed by atoms with E-state index in [2.05, 4.69) is 6.92 Å². The fourth-order valence-electron chi connectivity index (χ4n) is 1.70. The van der Waals surface area contributed by atoms with Gasteiger partial charge in [-0.1, -0.05) is 19.8 Å². The summed E-state index contributed by atoms with van der Waals surface area (Å²) in [5, 5.41) is 0. The standard InChI is InChI=1S/C9H18N2O/c1-2-3-4-8-5-6-11(7-10)9(8)12/h8H,2-7,10H2,1H3. The largest absolute Gasteiger partial charge is 0.330 e. The second-order valence-electron chi connectivity index (χ2n) is 3.41. The van der Waals surface area contributed by atoms with Crippen LogP contribution in [0.1, 0.15) is 32.6 Å². The predicted octanol–water partition coefficient (Wildman–Crippen LogP) is 0.941. The predicted molar refractivity (Wildman–Crippen MR) is 48.4 cm³/mol. The van der Waals surface area contributed by atoms with Crippen LogP contribution in [-0.4, -0.2) is 24.0 Å². The van der Waals surface area contributed by atoms with Crippen molar-refractivity contribution in [2.75, 3.05) is 13.2 Å². The third kappa shape index (κ3) is 1.97. The Morgan fingerprint density at radius 1 is 1.67 bits per heavy atom. The van der Waals surface area contributed by atoms with Gasteiger partial charge in [0.25, 0.3) is 0 Å². The fraction of sp³-hybridized carbons (Fsp3) is 0.889. The zero-order chi connectivity index (χ0) is 8.97. The smallest absolute Gasteiger partial charge is 0.226 e. The lowest BCUT2D eigenvalue weighted by Gasteiger charge is -2.12. The summed E-state index contributed by atoms with van der Waals surface area (Å²) in [6, 6.07) is 0. The highest BCUT2D eigenvalue weighted by molar-refractivity contribution is 5.80. The number of carbonyl (C=O) groups excluding carboxylic acids is 1. The van der Waals surface area contributed by atoms with Crippen LogP contribution < -0.4 is 5.73 Å². The number of hydrogen-bond donors (Lipinski definition) is 1. The average Bonchev–Trinajstić information content (AvgIpc) is 2.43. The second-order valence-corrected chi connectivity index (χ2v) is 3.41. The van der Waals surface area contributed by atoms with Gasteiger partial charge in [0, 0.05) is 12.5 Å². The monoisotopic (exact) mass is 170 g/mol. The summed E-state index contributed by atoms with van der Waals surface area (Å²) in [7, 11) is 0. The summed E-state index contributed by atoms with van der Waals surface area (Å²) in [6.45, 7) is 3.41. The molecule has 2 N–H and O–H groups in total. The maximum absolute atomic E-state index is 11.5. The van der Waals surface area contributed by atoms with E-state index in [-0.39, 0.29) is 11.8 Å². The molecular formula is C9H18N2O. The van der Waals surface area contributed by atoms with E-state index in [1.165, 1.54) is 6.42 Å². The summed E-state index contributed by atoms with van der Waals surface area (Å²) < 4.78 is 0. The van der Waals surface area contributed by atoms with Crippen LogP contribution in [0.5, 0.6) is 0 Å². The van der Waals surface area contributed by atoms with Crippen LogP contribution in [0.2, 0.25) is 0 Å². The van der Waals surface area contributed by atoms with Crippen molar-refractivity contribution >= 4 is 5.91 Å². The molecule has 0 saturated carbocycles. The van der Waals surface area contributed by atoms with E-state index in [0.717, 1.165) is 25.8 Å². The molecule has 3 nitrogen and oxygen atoms in total. The molecule has 1 unspecified atom stereocenters. The van der Waals surface area contributed by atoms with E-state index >= 15 is 0 Å². The van der Waals surface area contributed by atoms with Crippen molar-refractivity contribution in [2.45, 2.75) is 32.6 Å². The quantitative estimate of drug-likeness (QED) is 0.682. The van der Waals surface area contributed by atoms with E-state index < -0.39 is 0 Å². The van der Waals surface area contributed by atoms with Gasteiger partial charge in [-0.2, -0.15) is 0 Å². The second kappa shape index (κ2) is 4.45. The Hall–Kier alpha value is -0.570. The zero-order valence-corrected chi connectivity index (χ0v) is 7.75. The number of carbonyl (C=O) groups is 1. The van der Waals surface area contributed by atoms with Crippen molar-refractivity contribution < 1.29 is 4.79 Å². The van der Waals surface area contributed by atoms with E-state index in [1.54, 1.807) is 4.90 Å². The molecule has 12 heavy (non-hydrogen) atoms. The SMILES string of the molecule is CCCCC1CCN(CN)C1=O. The van der Waals surface area contributed by atoms with Crippen LogP contribution in [0.15, 0.2) is 0 Å². The topological polar surface area (TPSA) is 46.3 Å². The summed E-state index contributed by atoms with van der Waals surface area (Å²) in [6.07, 6.45) is 4.39. The third-order valence-electron chi connectivity index (χ3n) is 2.53. The maximum Gasteiger partial charge on any atom is 0.226 e. The number of amides is 1. The average molecular weight is 170 g/mol. The van der Waals surface area contributed by atoms with Crippen molar-refractivity contribution in [3.05, 3.63) is 0 Å². The highest BCUT2D eigenvalue weighted by Gasteiger charge is 2.29. The summed E-state index contributed by atoms with van der Waals surface area (Å²) in [4.78, 5) is 13.2. The lowest BCUT2D eigenvalue weighted by Crippen LogP contribution is -2.32. The molecule has 0 spiro atoms. The maximum atomic E-state index is 11.5. The van der Waals surface area contributed by atoms with E-state index in [1.807, 2.05) is 0 Å². The first-order valence-corrected chi connectivity index (χ1v) is 4.78. The minimum Gasteiger partial charge on any atom is -0.330 e. The van der Waals surface area contributed by atoms with Crippen LogP contribution in [0.25, 0.3) is 0 Å². The molecular weight excluding hydrogens is 152 g/mol. The Morgan fingerprint density at radius 3 is 2.92 bits per heavy atom. The first-order valence-electron chi connectivity index (χ1n) is 4.78. The molecule has 0 aromatic rings. The Bertz CT molecular complexity index is 159. The van der Waals surface area contributed by atoms with E-state index in [9.17, 15) is 4.79 Å². The molecule has 1 atom stereocenters. The minimum absolute atomic E-state index is 0.269. The molecule has 1 saturated heterocycles. The molecule has 1 amide bonds. The third-order valence-corrected chi connectivity index (χ3v) is 2.53. The van der Waals surface area contributed by atoms with Crippen molar-refractivity contribution in [1.29, 1.82) is 0 Å². The molecule has 70 valence electrons. The normalized spacial score (nSPS) is 23.7. The Morgan fingerprint density at radius 2 is 2.42 bits per heavy atom. The van der Waals surface area contributed by atoms with Gasteiger partial charge < -0.3 is 10.6 Å². The number of likely N-dealkylation sites (tertiary alicyclic amines) is 1. The van der Waals surface area contributed by atoms with Crippen LogP contribution in [0.3, 0.4) is 0 Å². The Kier molecular flexibility index (Phi) is 3.53. The molecule has 1 aliphatic rings. The summed E-state index contributed by atoms with van der Waals surface area (Å²) in [5.74, 6) is 0.541. The van der Waals surface area contributed by atoms with Crippen LogP contribution in [0.4, 0.5) is 0 Å². The van der Waals surface area contributed by atoms with Crippen LogP contribution in [-0.2, 0) is 4.79 Å².